The van der Waals surface area contributed by atoms with Gasteiger partial charge in [0.15, 0.2) is 5.17 Å². The van der Waals surface area contributed by atoms with E-state index in [2.05, 4.69) is 10.3 Å². The van der Waals surface area contributed by atoms with Crippen LogP contribution in [0.25, 0.3) is 0 Å². The van der Waals surface area contributed by atoms with Crippen molar-refractivity contribution in [2.75, 3.05) is 0 Å². The number of thioether (sulfide) groups is 1. The van der Waals surface area contributed by atoms with E-state index in [0.717, 1.165) is 11.1 Å². The lowest BCUT2D eigenvalue weighted by atomic mass is 9.93. The fourth-order valence-corrected chi connectivity index (χ4v) is 5.66. The number of ether oxygens (including phenoxy) is 1. The van der Waals surface area contributed by atoms with E-state index in [1.807, 2.05) is 58.8 Å². The zero-order valence-corrected chi connectivity index (χ0v) is 22.6. The van der Waals surface area contributed by atoms with Gasteiger partial charge in [0.25, 0.3) is 0 Å². The molecule has 2 heterocycles. The fourth-order valence-electron chi connectivity index (χ4n) is 4.45. The first-order valence-corrected chi connectivity index (χ1v) is 13.6. The minimum atomic E-state index is -0.624. The molecule has 1 atom stereocenters. The summed E-state index contributed by atoms with van der Waals surface area (Å²) in [7, 11) is 0. The number of nitrogens with one attached hydrogen (secondary N) is 1. The second-order valence-corrected chi connectivity index (χ2v) is 10.3. The predicted octanol–water partition coefficient (Wildman–Crippen LogP) is 6.50. The Balaban J connectivity index is 1.39. The van der Waals surface area contributed by atoms with Crippen molar-refractivity contribution >= 4 is 40.4 Å². The fraction of sp³-hybridized carbons (Fsp3) is 0.167. The van der Waals surface area contributed by atoms with Crippen LogP contribution in [0.3, 0.4) is 0 Å². The number of hydrogen-bond donors (Lipinski definition) is 1. The SMILES string of the molecule is CC1=C(C(=O)OCc2ccccc2)[C@@H](c2ccccc2Cl)N2C(CC(=O)NCc3ccc(F)cc3)=CSC2=N1. The summed E-state index contributed by atoms with van der Waals surface area (Å²) in [4.78, 5) is 33.0. The number of benzene rings is 3. The molecule has 198 valence electrons. The minimum absolute atomic E-state index is 0.0551. The molecule has 0 unspecified atom stereocenters. The van der Waals surface area contributed by atoms with E-state index < -0.39 is 12.0 Å². The molecular weight excluding hydrogens is 537 g/mol. The number of allylic oxidation sites excluding steroid dienone is 1. The van der Waals surface area contributed by atoms with Gasteiger partial charge in [-0.25, -0.2) is 14.2 Å². The van der Waals surface area contributed by atoms with Crippen LogP contribution in [-0.4, -0.2) is 21.9 Å². The maximum atomic E-state index is 13.5. The van der Waals surface area contributed by atoms with Crippen LogP contribution in [0.4, 0.5) is 4.39 Å². The molecule has 6 nitrogen and oxygen atoms in total. The van der Waals surface area contributed by atoms with Gasteiger partial charge in [-0.15, -0.1) is 0 Å². The first-order valence-electron chi connectivity index (χ1n) is 12.3. The molecule has 0 aromatic heterocycles. The number of hydrogen-bond acceptors (Lipinski definition) is 6. The highest BCUT2D eigenvalue weighted by molar-refractivity contribution is 8.16. The number of nitrogens with zero attached hydrogens (tertiary/aromatic N) is 2. The highest BCUT2D eigenvalue weighted by Crippen LogP contribution is 2.46. The molecule has 0 spiro atoms. The average molecular weight is 562 g/mol. The van der Waals surface area contributed by atoms with E-state index in [1.165, 1.54) is 23.9 Å². The van der Waals surface area contributed by atoms with Gasteiger partial charge in [0, 0.05) is 17.3 Å². The Morgan fingerprint density at radius 3 is 2.49 bits per heavy atom. The number of aliphatic imine (C=N–C) groups is 1. The third-order valence-corrected chi connectivity index (χ3v) is 7.61. The van der Waals surface area contributed by atoms with Crippen molar-refractivity contribution in [1.82, 2.24) is 10.2 Å². The van der Waals surface area contributed by atoms with E-state index in [1.54, 1.807) is 25.1 Å². The van der Waals surface area contributed by atoms with E-state index >= 15 is 0 Å². The number of carbonyl (C=O) groups is 2. The van der Waals surface area contributed by atoms with Gasteiger partial charge in [-0.1, -0.05) is 84.0 Å². The molecule has 0 fully saturated rings. The normalized spacial score (nSPS) is 16.4. The zero-order valence-electron chi connectivity index (χ0n) is 21.1. The van der Waals surface area contributed by atoms with Gasteiger partial charge in [-0.05, 0) is 47.2 Å². The van der Waals surface area contributed by atoms with Gasteiger partial charge in [-0.2, -0.15) is 0 Å². The van der Waals surface area contributed by atoms with Gasteiger partial charge in [-0.3, -0.25) is 4.79 Å². The molecule has 2 aliphatic rings. The van der Waals surface area contributed by atoms with Crippen molar-refractivity contribution in [2.45, 2.75) is 32.5 Å². The number of halogens is 2. The summed E-state index contributed by atoms with van der Waals surface area (Å²) in [6.45, 7) is 2.16. The smallest absolute Gasteiger partial charge is 0.338 e. The molecule has 0 radical (unpaired) electrons. The second-order valence-electron chi connectivity index (χ2n) is 9.06. The molecule has 0 aliphatic carbocycles. The molecule has 2 aliphatic heterocycles. The summed E-state index contributed by atoms with van der Waals surface area (Å²) in [5, 5.41) is 5.89. The molecule has 3 aromatic rings. The van der Waals surface area contributed by atoms with E-state index in [9.17, 15) is 14.0 Å². The van der Waals surface area contributed by atoms with Crippen LogP contribution in [0.15, 0.2) is 106 Å². The Labute approximate surface area is 235 Å². The molecule has 39 heavy (non-hydrogen) atoms. The van der Waals surface area contributed by atoms with Gasteiger partial charge in [0.1, 0.15) is 12.4 Å². The summed E-state index contributed by atoms with van der Waals surface area (Å²) < 4.78 is 18.9. The molecule has 0 saturated carbocycles. The molecule has 0 saturated heterocycles. The van der Waals surface area contributed by atoms with Crippen molar-refractivity contribution in [3.05, 3.63) is 129 Å². The molecule has 3 aromatic carbocycles. The molecular formula is C30H25ClFN3O3S. The average Bonchev–Trinajstić information content (AvgIpc) is 3.33. The van der Waals surface area contributed by atoms with E-state index in [4.69, 9.17) is 16.3 Å². The number of rotatable bonds is 8. The Hall–Kier alpha value is -3.88. The Kier molecular flexibility index (Phi) is 8.14. The van der Waals surface area contributed by atoms with Gasteiger partial charge in [0.2, 0.25) is 5.91 Å². The van der Waals surface area contributed by atoms with Crippen LogP contribution in [0, 0.1) is 5.82 Å². The van der Waals surface area contributed by atoms with Crippen LogP contribution in [0.1, 0.15) is 36.1 Å². The van der Waals surface area contributed by atoms with Crippen LogP contribution < -0.4 is 5.32 Å². The zero-order chi connectivity index (χ0) is 27.4. The Morgan fingerprint density at radius 2 is 1.74 bits per heavy atom. The lowest BCUT2D eigenvalue weighted by molar-refractivity contribution is -0.141. The topological polar surface area (TPSA) is 71.0 Å². The lowest BCUT2D eigenvalue weighted by Crippen LogP contribution is -2.38. The summed E-state index contributed by atoms with van der Waals surface area (Å²) in [6, 6.07) is 22.1. The number of fused-ring (bicyclic) bond motifs is 1. The summed E-state index contributed by atoms with van der Waals surface area (Å²) in [6.07, 6.45) is 0.0551. The third kappa shape index (κ3) is 6.08. The molecule has 0 bridgehead atoms. The van der Waals surface area contributed by atoms with E-state index in [-0.39, 0.29) is 31.3 Å². The van der Waals surface area contributed by atoms with Crippen molar-refractivity contribution in [3.63, 3.8) is 0 Å². The molecule has 1 N–H and O–H groups in total. The van der Waals surface area contributed by atoms with Crippen molar-refractivity contribution < 1.29 is 18.7 Å². The standard InChI is InChI=1S/C30H25ClFN3O3S/c1-19-27(29(37)38-17-21-7-3-2-4-8-21)28(24-9-5-6-10-25(24)31)35-23(18-39-30(35)34-19)15-26(36)33-16-20-11-13-22(32)14-12-20/h2-14,18,28H,15-17H2,1H3,(H,33,36)/t28-/m1/s1. The van der Waals surface area contributed by atoms with Gasteiger partial charge in [0.05, 0.1) is 23.7 Å². The van der Waals surface area contributed by atoms with Crippen LogP contribution in [-0.2, 0) is 27.5 Å². The Bertz CT molecular complexity index is 1490. The van der Waals surface area contributed by atoms with Crippen LogP contribution in [0.2, 0.25) is 5.02 Å². The van der Waals surface area contributed by atoms with Gasteiger partial charge >= 0.3 is 5.97 Å². The minimum Gasteiger partial charge on any atom is -0.457 e. The number of carbonyl (C=O) groups excluding carboxylic acids is 2. The maximum absolute atomic E-state index is 13.5. The highest BCUT2D eigenvalue weighted by Gasteiger charge is 2.41. The maximum Gasteiger partial charge on any atom is 0.338 e. The Morgan fingerprint density at radius 1 is 1.03 bits per heavy atom. The van der Waals surface area contributed by atoms with E-state index in [0.29, 0.717) is 32.7 Å². The van der Waals surface area contributed by atoms with Crippen LogP contribution >= 0.6 is 23.4 Å². The highest BCUT2D eigenvalue weighted by atomic mass is 35.5. The van der Waals surface area contributed by atoms with Crippen LogP contribution in [0.5, 0.6) is 0 Å². The first kappa shape index (κ1) is 26.7. The van der Waals surface area contributed by atoms with Crippen molar-refractivity contribution in [1.29, 1.82) is 0 Å². The number of amides is 1. The van der Waals surface area contributed by atoms with Crippen molar-refractivity contribution in [2.24, 2.45) is 4.99 Å². The molecule has 5 rings (SSSR count). The number of amidine groups is 1. The van der Waals surface area contributed by atoms with Gasteiger partial charge < -0.3 is 15.0 Å². The second kappa shape index (κ2) is 11.9. The quantitative estimate of drug-likeness (QED) is 0.318. The molecule has 1 amide bonds. The summed E-state index contributed by atoms with van der Waals surface area (Å²) in [5.41, 5.74) is 3.94. The molecule has 9 heteroatoms. The third-order valence-electron chi connectivity index (χ3n) is 6.38. The summed E-state index contributed by atoms with van der Waals surface area (Å²) >= 11 is 8.03. The summed E-state index contributed by atoms with van der Waals surface area (Å²) in [5.74, 6) is -1.05. The number of esters is 1. The predicted molar refractivity (Wildman–Crippen MR) is 151 cm³/mol. The lowest BCUT2D eigenvalue weighted by Gasteiger charge is -2.36. The van der Waals surface area contributed by atoms with Crippen molar-refractivity contribution in [3.8, 4) is 0 Å². The largest absolute Gasteiger partial charge is 0.457 e. The monoisotopic (exact) mass is 561 g/mol. The first-order chi connectivity index (χ1) is 18.9.